The number of nitrogens with one attached hydrogen (secondary N) is 1. The lowest BCUT2D eigenvalue weighted by Crippen LogP contribution is -2.16. The van der Waals surface area contributed by atoms with E-state index in [2.05, 4.69) is 10.2 Å². The van der Waals surface area contributed by atoms with Crippen LogP contribution >= 0.6 is 0 Å². The average molecular weight is 231 g/mol. The highest BCUT2D eigenvalue weighted by molar-refractivity contribution is 5.78. The Morgan fingerprint density at radius 2 is 2.06 bits per heavy atom. The van der Waals surface area contributed by atoms with Gasteiger partial charge in [0.2, 0.25) is 0 Å². The summed E-state index contributed by atoms with van der Waals surface area (Å²) < 4.78 is 11.2. The molecule has 2 heterocycles. The smallest absolute Gasteiger partial charge is 0.164 e. The summed E-state index contributed by atoms with van der Waals surface area (Å²) in [5.41, 5.74) is 8.75. The molecule has 5 nitrogen and oxygen atoms in total. The number of anilines is 1. The van der Waals surface area contributed by atoms with Crippen LogP contribution < -0.4 is 15.2 Å². The second-order valence-electron chi connectivity index (χ2n) is 3.96. The summed E-state index contributed by atoms with van der Waals surface area (Å²) in [6, 6.07) is 3.88. The number of hydrogen-bond acceptors (Lipinski definition) is 4. The number of ether oxygens (including phenoxy) is 2. The highest BCUT2D eigenvalue weighted by Crippen LogP contribution is 2.40. The van der Waals surface area contributed by atoms with E-state index < -0.39 is 0 Å². The van der Waals surface area contributed by atoms with E-state index in [-0.39, 0.29) is 0 Å². The molecule has 1 aliphatic heterocycles. The molecule has 0 unspecified atom stereocenters. The minimum Gasteiger partial charge on any atom is -0.486 e. The summed E-state index contributed by atoms with van der Waals surface area (Å²) in [6.45, 7) is 3.17. The molecule has 1 aliphatic rings. The van der Waals surface area contributed by atoms with Crippen LogP contribution in [0.15, 0.2) is 18.3 Å². The van der Waals surface area contributed by atoms with Gasteiger partial charge in [-0.05, 0) is 24.6 Å². The summed E-state index contributed by atoms with van der Waals surface area (Å²) in [7, 11) is 0. The van der Waals surface area contributed by atoms with Gasteiger partial charge >= 0.3 is 0 Å². The second-order valence-corrected chi connectivity index (χ2v) is 3.96. The lowest BCUT2D eigenvalue weighted by molar-refractivity contribution is 0.170. The van der Waals surface area contributed by atoms with Gasteiger partial charge in [0, 0.05) is 11.1 Å². The van der Waals surface area contributed by atoms with Gasteiger partial charge in [-0.2, -0.15) is 5.10 Å². The molecule has 0 radical (unpaired) electrons. The summed E-state index contributed by atoms with van der Waals surface area (Å²) in [6.07, 6.45) is 1.72. The van der Waals surface area contributed by atoms with E-state index in [1.807, 2.05) is 19.1 Å². The van der Waals surface area contributed by atoms with Gasteiger partial charge in [-0.3, -0.25) is 5.10 Å². The molecule has 3 rings (SSSR count). The fourth-order valence-corrected chi connectivity index (χ4v) is 2.06. The maximum Gasteiger partial charge on any atom is 0.164 e. The van der Waals surface area contributed by atoms with E-state index in [9.17, 15) is 0 Å². The molecule has 0 atom stereocenters. The van der Waals surface area contributed by atoms with Crippen molar-refractivity contribution in [2.45, 2.75) is 6.92 Å². The third-order valence-corrected chi connectivity index (χ3v) is 2.92. The number of nitrogens with two attached hydrogens (primary N) is 1. The standard InChI is InChI=1S/C12H13N3O2/c1-7-8(9-6-14-15-12(9)13)2-3-10-11(7)17-5-4-16-10/h2-3,6H,4-5H2,1H3,(H3,13,14,15). The largest absolute Gasteiger partial charge is 0.486 e. The SMILES string of the molecule is Cc1c(-c2cn[nH]c2N)ccc2c1OCCO2. The van der Waals surface area contributed by atoms with Gasteiger partial charge in [0.25, 0.3) is 0 Å². The Bertz CT molecular complexity index is 563. The zero-order valence-corrected chi connectivity index (χ0v) is 9.49. The van der Waals surface area contributed by atoms with Gasteiger partial charge in [0.15, 0.2) is 11.5 Å². The number of hydrogen-bond donors (Lipinski definition) is 2. The van der Waals surface area contributed by atoms with E-state index in [0.717, 1.165) is 28.2 Å². The Morgan fingerprint density at radius 3 is 2.82 bits per heavy atom. The summed E-state index contributed by atoms with van der Waals surface area (Å²) in [5.74, 6) is 2.15. The minimum atomic E-state index is 0.560. The quantitative estimate of drug-likeness (QED) is 0.784. The maximum absolute atomic E-state index is 5.83. The predicted molar refractivity (Wildman–Crippen MR) is 64.2 cm³/mol. The van der Waals surface area contributed by atoms with Crippen LogP contribution in [0.4, 0.5) is 5.82 Å². The third-order valence-electron chi connectivity index (χ3n) is 2.92. The molecule has 0 amide bonds. The molecular formula is C12H13N3O2. The molecule has 0 aliphatic carbocycles. The van der Waals surface area contributed by atoms with Crippen molar-refractivity contribution in [2.75, 3.05) is 18.9 Å². The number of benzene rings is 1. The van der Waals surface area contributed by atoms with Crippen molar-refractivity contribution >= 4 is 5.82 Å². The summed E-state index contributed by atoms with van der Waals surface area (Å²) in [5, 5.41) is 6.66. The first kappa shape index (κ1) is 10.0. The highest BCUT2D eigenvalue weighted by Gasteiger charge is 2.18. The Labute approximate surface area is 98.5 Å². The van der Waals surface area contributed by atoms with Crippen molar-refractivity contribution < 1.29 is 9.47 Å². The van der Waals surface area contributed by atoms with Crippen molar-refractivity contribution in [3.05, 3.63) is 23.9 Å². The molecule has 17 heavy (non-hydrogen) atoms. The molecule has 5 heteroatoms. The van der Waals surface area contributed by atoms with Crippen LogP contribution in [-0.2, 0) is 0 Å². The topological polar surface area (TPSA) is 73.2 Å². The Balaban J connectivity index is 2.16. The van der Waals surface area contributed by atoms with Crippen molar-refractivity contribution in [3.8, 4) is 22.6 Å². The van der Waals surface area contributed by atoms with Crippen LogP contribution in [0.3, 0.4) is 0 Å². The predicted octanol–water partition coefficient (Wildman–Crippen LogP) is 1.74. The van der Waals surface area contributed by atoms with Crippen molar-refractivity contribution in [3.63, 3.8) is 0 Å². The van der Waals surface area contributed by atoms with Crippen molar-refractivity contribution in [1.82, 2.24) is 10.2 Å². The van der Waals surface area contributed by atoms with Crippen LogP contribution in [-0.4, -0.2) is 23.4 Å². The van der Waals surface area contributed by atoms with Gasteiger partial charge in [-0.25, -0.2) is 0 Å². The van der Waals surface area contributed by atoms with Gasteiger partial charge in [-0.15, -0.1) is 0 Å². The highest BCUT2D eigenvalue weighted by atomic mass is 16.6. The van der Waals surface area contributed by atoms with Gasteiger partial charge in [0.05, 0.1) is 6.20 Å². The first-order valence-electron chi connectivity index (χ1n) is 5.46. The van der Waals surface area contributed by atoms with Crippen molar-refractivity contribution in [1.29, 1.82) is 0 Å². The third kappa shape index (κ3) is 1.51. The zero-order chi connectivity index (χ0) is 11.8. The van der Waals surface area contributed by atoms with E-state index >= 15 is 0 Å². The molecule has 0 saturated carbocycles. The van der Waals surface area contributed by atoms with Gasteiger partial charge < -0.3 is 15.2 Å². The van der Waals surface area contributed by atoms with Crippen LogP contribution in [0.25, 0.3) is 11.1 Å². The molecule has 0 saturated heterocycles. The molecular weight excluding hydrogens is 218 g/mol. The zero-order valence-electron chi connectivity index (χ0n) is 9.49. The number of aromatic nitrogens is 2. The lowest BCUT2D eigenvalue weighted by atomic mass is 10.0. The summed E-state index contributed by atoms with van der Waals surface area (Å²) >= 11 is 0. The number of nitrogen functional groups attached to an aromatic ring is 1. The minimum absolute atomic E-state index is 0.560. The molecule has 2 aromatic rings. The van der Waals surface area contributed by atoms with E-state index in [1.54, 1.807) is 6.20 Å². The van der Waals surface area contributed by atoms with E-state index in [1.165, 1.54) is 0 Å². The number of nitrogens with zero attached hydrogens (tertiary/aromatic N) is 1. The second kappa shape index (κ2) is 3.69. The Hall–Kier alpha value is -2.17. The van der Waals surface area contributed by atoms with Gasteiger partial charge in [-0.1, -0.05) is 0 Å². The van der Waals surface area contributed by atoms with Crippen molar-refractivity contribution in [2.24, 2.45) is 0 Å². The molecule has 0 fully saturated rings. The lowest BCUT2D eigenvalue weighted by Gasteiger charge is -2.21. The fourth-order valence-electron chi connectivity index (χ4n) is 2.06. The first-order chi connectivity index (χ1) is 8.27. The number of rotatable bonds is 1. The Kier molecular flexibility index (Phi) is 2.18. The maximum atomic E-state index is 5.83. The fraction of sp³-hybridized carbons (Fsp3) is 0.250. The van der Waals surface area contributed by atoms with Crippen LogP contribution in [0.5, 0.6) is 11.5 Å². The molecule has 1 aromatic heterocycles. The molecule has 0 bridgehead atoms. The molecule has 3 N–H and O–H groups in total. The van der Waals surface area contributed by atoms with Crippen LogP contribution in [0, 0.1) is 6.92 Å². The van der Waals surface area contributed by atoms with Crippen LogP contribution in [0.2, 0.25) is 0 Å². The average Bonchev–Trinajstić information content (AvgIpc) is 2.76. The van der Waals surface area contributed by atoms with Gasteiger partial charge in [0.1, 0.15) is 19.0 Å². The number of fused-ring (bicyclic) bond motifs is 1. The van der Waals surface area contributed by atoms with Crippen LogP contribution in [0.1, 0.15) is 5.56 Å². The first-order valence-corrected chi connectivity index (χ1v) is 5.46. The normalized spacial score (nSPS) is 13.7. The monoisotopic (exact) mass is 231 g/mol. The molecule has 1 aromatic carbocycles. The van der Waals surface area contributed by atoms with E-state index in [0.29, 0.717) is 19.0 Å². The Morgan fingerprint density at radius 1 is 1.24 bits per heavy atom. The molecule has 0 spiro atoms. The number of H-pyrrole nitrogens is 1. The summed E-state index contributed by atoms with van der Waals surface area (Å²) in [4.78, 5) is 0. The number of aromatic amines is 1. The van der Waals surface area contributed by atoms with E-state index in [4.69, 9.17) is 15.2 Å². The molecule has 88 valence electrons.